The van der Waals surface area contributed by atoms with Gasteiger partial charge in [0.05, 0.1) is 18.0 Å². The van der Waals surface area contributed by atoms with Crippen LogP contribution in [-0.4, -0.2) is 69.0 Å². The molecule has 11 nitrogen and oxygen atoms in total. The van der Waals surface area contributed by atoms with Gasteiger partial charge in [-0.15, -0.1) is 0 Å². The van der Waals surface area contributed by atoms with Crippen LogP contribution in [-0.2, 0) is 13.8 Å². The molecule has 186 valence electrons. The molecule has 0 aliphatic carbocycles. The zero-order valence-corrected chi connectivity index (χ0v) is 20.8. The largest absolute Gasteiger partial charge is 0.388 e. The number of aliphatic hydroxyl groups excluding tert-OH is 2. The van der Waals surface area contributed by atoms with Gasteiger partial charge in [-0.2, -0.15) is 0 Å². The van der Waals surface area contributed by atoms with Crippen LogP contribution in [0.3, 0.4) is 0 Å². The van der Waals surface area contributed by atoms with E-state index in [9.17, 15) is 24.8 Å². The molecule has 0 aromatic carbocycles. The monoisotopic (exact) mass is 506 g/mol. The van der Waals surface area contributed by atoms with Crippen molar-refractivity contribution in [3.05, 3.63) is 17.8 Å². The maximum atomic E-state index is 13.1. The van der Waals surface area contributed by atoms with Crippen LogP contribution in [0.4, 0.5) is 0 Å². The standard InChI is InChI=1S/C20H32ClN4O7P/c1-5-19(6-2,32-33(29,30)20(28,7-3)8-4)9-12-14(26)15(27)18(31-12)25-11-24-13-16(21)22-10-23-17(13)25/h10-12,14-15,18,26-28H,5-9H2,1-4H3,(H,29,30)/t12?,14-,15-,18?/m1/s1. The maximum absolute atomic E-state index is 13.1. The summed E-state index contributed by atoms with van der Waals surface area (Å²) in [5, 5.41) is 30.4. The second-order valence-electron chi connectivity index (χ2n) is 8.43. The Balaban J connectivity index is 1.87. The number of hydrogen-bond donors (Lipinski definition) is 4. The van der Waals surface area contributed by atoms with Gasteiger partial charge >= 0.3 is 7.60 Å². The third-order valence-corrected chi connectivity index (χ3v) is 9.36. The van der Waals surface area contributed by atoms with Crippen molar-refractivity contribution in [2.75, 3.05) is 0 Å². The number of aromatic nitrogens is 4. The minimum absolute atomic E-state index is 0.0190. The Morgan fingerprint density at radius 2 is 1.76 bits per heavy atom. The summed E-state index contributed by atoms with van der Waals surface area (Å²) in [5.74, 6) is 0. The molecule has 0 amide bonds. The van der Waals surface area contributed by atoms with Gasteiger partial charge in [-0.25, -0.2) is 15.0 Å². The van der Waals surface area contributed by atoms with Crippen LogP contribution in [0.2, 0.25) is 5.15 Å². The molecular formula is C20H32ClN4O7P. The molecule has 1 fully saturated rings. The zero-order chi connectivity index (χ0) is 24.6. The molecular weight excluding hydrogens is 475 g/mol. The fourth-order valence-electron chi connectivity index (χ4n) is 4.21. The molecule has 1 saturated heterocycles. The van der Waals surface area contributed by atoms with E-state index in [1.165, 1.54) is 17.2 Å². The number of halogens is 1. The molecule has 3 rings (SSSR count). The first-order valence-corrected chi connectivity index (χ1v) is 13.0. The predicted molar refractivity (Wildman–Crippen MR) is 121 cm³/mol. The Hall–Kier alpha value is -1.17. The number of nitrogens with zero attached hydrogens (tertiary/aromatic N) is 4. The van der Waals surface area contributed by atoms with Crippen molar-refractivity contribution in [3.63, 3.8) is 0 Å². The molecule has 13 heteroatoms. The van der Waals surface area contributed by atoms with Crippen LogP contribution in [0, 0.1) is 0 Å². The number of imidazole rings is 1. The number of ether oxygens (including phenoxy) is 1. The Labute approximate surface area is 197 Å². The van der Waals surface area contributed by atoms with E-state index in [4.69, 9.17) is 20.9 Å². The van der Waals surface area contributed by atoms with Crippen LogP contribution in [0.1, 0.15) is 66.0 Å². The lowest BCUT2D eigenvalue weighted by molar-refractivity contribution is -0.0761. The van der Waals surface area contributed by atoms with Crippen LogP contribution in [0.25, 0.3) is 11.2 Å². The van der Waals surface area contributed by atoms with Gasteiger partial charge in [0.1, 0.15) is 24.1 Å². The summed E-state index contributed by atoms with van der Waals surface area (Å²) in [6.07, 6.45) is -1.17. The summed E-state index contributed by atoms with van der Waals surface area (Å²) in [5.41, 5.74) is -0.519. The molecule has 0 spiro atoms. The van der Waals surface area contributed by atoms with E-state index in [2.05, 4.69) is 15.0 Å². The van der Waals surface area contributed by atoms with Crippen LogP contribution < -0.4 is 0 Å². The Morgan fingerprint density at radius 1 is 1.12 bits per heavy atom. The highest BCUT2D eigenvalue weighted by molar-refractivity contribution is 7.54. The van der Waals surface area contributed by atoms with Gasteiger partial charge in [-0.05, 0) is 25.7 Å². The topological polar surface area (TPSA) is 160 Å². The molecule has 2 aromatic heterocycles. The second-order valence-corrected chi connectivity index (χ2v) is 10.8. The Kier molecular flexibility index (Phi) is 7.87. The van der Waals surface area contributed by atoms with Crippen molar-refractivity contribution in [1.29, 1.82) is 0 Å². The number of fused-ring (bicyclic) bond motifs is 1. The van der Waals surface area contributed by atoms with Gasteiger partial charge in [0.25, 0.3) is 0 Å². The third-order valence-electron chi connectivity index (χ3n) is 6.76. The third kappa shape index (κ3) is 4.70. The van der Waals surface area contributed by atoms with E-state index >= 15 is 0 Å². The summed E-state index contributed by atoms with van der Waals surface area (Å²) in [4.78, 5) is 22.8. The average Bonchev–Trinajstić information content (AvgIpc) is 3.35. The van der Waals surface area contributed by atoms with Crippen LogP contribution in [0.15, 0.2) is 12.7 Å². The van der Waals surface area contributed by atoms with Crippen molar-refractivity contribution in [3.8, 4) is 0 Å². The normalized spacial score (nSPS) is 26.1. The average molecular weight is 507 g/mol. The first kappa shape index (κ1) is 26.4. The molecule has 0 radical (unpaired) electrons. The number of aliphatic hydroxyl groups is 3. The van der Waals surface area contributed by atoms with Crippen molar-refractivity contribution >= 4 is 30.4 Å². The highest BCUT2D eigenvalue weighted by Gasteiger charge is 2.52. The predicted octanol–water partition coefficient (Wildman–Crippen LogP) is 2.76. The van der Waals surface area contributed by atoms with Crippen LogP contribution in [0.5, 0.6) is 0 Å². The van der Waals surface area contributed by atoms with Crippen molar-refractivity contribution in [1.82, 2.24) is 19.5 Å². The number of rotatable bonds is 10. The van der Waals surface area contributed by atoms with Gasteiger partial charge < -0.3 is 24.9 Å². The van der Waals surface area contributed by atoms with Gasteiger partial charge in [0, 0.05) is 6.42 Å². The Bertz CT molecular complexity index is 1010. The lowest BCUT2D eigenvalue weighted by Crippen LogP contribution is -2.42. The molecule has 1 aliphatic rings. The summed E-state index contributed by atoms with van der Waals surface area (Å²) in [6.45, 7) is 6.81. The smallest absolute Gasteiger partial charge is 0.359 e. The van der Waals surface area contributed by atoms with Crippen molar-refractivity contribution in [2.45, 2.75) is 95.3 Å². The first-order chi connectivity index (χ1) is 15.5. The summed E-state index contributed by atoms with van der Waals surface area (Å²) >= 11 is 6.05. The molecule has 33 heavy (non-hydrogen) atoms. The van der Waals surface area contributed by atoms with E-state index < -0.39 is 43.1 Å². The molecule has 3 heterocycles. The van der Waals surface area contributed by atoms with Gasteiger partial charge in [-0.1, -0.05) is 39.3 Å². The second kappa shape index (κ2) is 9.83. The van der Waals surface area contributed by atoms with Gasteiger partial charge in [0.15, 0.2) is 22.4 Å². The number of hydrogen-bond acceptors (Lipinski definition) is 9. The highest BCUT2D eigenvalue weighted by Crippen LogP contribution is 2.61. The molecule has 4 N–H and O–H groups in total. The van der Waals surface area contributed by atoms with E-state index in [-0.39, 0.29) is 24.4 Å². The van der Waals surface area contributed by atoms with Crippen molar-refractivity contribution in [2.24, 2.45) is 0 Å². The summed E-state index contributed by atoms with van der Waals surface area (Å²) in [6, 6.07) is 0. The zero-order valence-electron chi connectivity index (χ0n) is 19.1. The maximum Gasteiger partial charge on any atom is 0.359 e. The molecule has 3 unspecified atom stereocenters. The first-order valence-electron chi connectivity index (χ1n) is 11.1. The summed E-state index contributed by atoms with van der Waals surface area (Å²) in [7, 11) is -4.45. The molecule has 0 saturated carbocycles. The fourth-order valence-corrected chi connectivity index (χ4v) is 6.21. The van der Waals surface area contributed by atoms with Crippen molar-refractivity contribution < 1.29 is 34.0 Å². The fraction of sp³-hybridized carbons (Fsp3) is 0.750. The van der Waals surface area contributed by atoms with E-state index in [0.29, 0.717) is 24.0 Å². The van der Waals surface area contributed by atoms with Gasteiger partial charge in [0.2, 0.25) is 0 Å². The highest BCUT2D eigenvalue weighted by atomic mass is 35.5. The van der Waals surface area contributed by atoms with E-state index in [0.717, 1.165) is 0 Å². The quantitative estimate of drug-likeness (QED) is 0.278. The SMILES string of the molecule is CCC(CC)(CC1OC(n2cnc3c(Cl)ncnc32)[C@H](O)[C@@H]1O)OP(=O)(O)C(O)(CC)CC. The lowest BCUT2D eigenvalue weighted by Gasteiger charge is -2.40. The molecule has 0 bridgehead atoms. The van der Waals surface area contributed by atoms with Gasteiger partial charge in [-0.3, -0.25) is 13.7 Å². The summed E-state index contributed by atoms with van der Waals surface area (Å²) < 4.78 is 26.3. The van der Waals surface area contributed by atoms with Crippen LogP contribution >= 0.6 is 19.2 Å². The molecule has 5 atom stereocenters. The lowest BCUT2D eigenvalue weighted by atomic mass is 9.88. The minimum atomic E-state index is -4.45. The molecule has 2 aromatic rings. The molecule has 1 aliphatic heterocycles. The Morgan fingerprint density at radius 3 is 2.33 bits per heavy atom. The minimum Gasteiger partial charge on any atom is -0.388 e. The van der Waals surface area contributed by atoms with E-state index in [1.807, 2.05) is 0 Å². The van der Waals surface area contributed by atoms with E-state index in [1.54, 1.807) is 27.7 Å².